The van der Waals surface area contributed by atoms with Gasteiger partial charge in [-0.05, 0) is 12.3 Å². The molecule has 0 spiro atoms. The van der Waals surface area contributed by atoms with E-state index in [1.165, 1.54) is 5.54 Å². The van der Waals surface area contributed by atoms with Gasteiger partial charge in [0.05, 0.1) is 6.61 Å². The van der Waals surface area contributed by atoms with E-state index in [9.17, 15) is 0 Å². The van der Waals surface area contributed by atoms with Crippen molar-refractivity contribution in [1.82, 2.24) is 5.32 Å². The molecule has 0 radical (unpaired) electrons. The Kier molecular flexibility index (Phi) is 7.56. The molecule has 1 atom stereocenters. The van der Waals surface area contributed by atoms with Crippen molar-refractivity contribution in [3.8, 4) is 0 Å². The van der Waals surface area contributed by atoms with E-state index in [0.29, 0.717) is 5.92 Å². The minimum atomic E-state index is 0.189. The number of halogens is 1. The second-order valence-corrected chi connectivity index (χ2v) is 3.53. The molecule has 72 valence electrons. The van der Waals surface area contributed by atoms with Crippen molar-refractivity contribution in [2.45, 2.75) is 26.3 Å². The number of aliphatic hydroxyl groups excluding tert-OH is 1. The Hall–Kier alpha value is -0.0500. The van der Waals surface area contributed by atoms with E-state index in [2.05, 4.69) is 19.2 Å². The number of aliphatic hydroxyl groups is 1. The summed E-state index contributed by atoms with van der Waals surface area (Å²) in [5, 5.41) is 12.1. The first-order valence-corrected chi connectivity index (χ1v) is 4.73. The Morgan fingerprint density at radius 3 is 2.58 bits per heavy atom. The number of hydrogen-bond acceptors (Lipinski definition) is 2. The quantitative estimate of drug-likeness (QED) is 0.671. The first kappa shape index (κ1) is 11.9. The van der Waals surface area contributed by atoms with Crippen LogP contribution in [0, 0.1) is 5.92 Å². The molecule has 1 unspecified atom stereocenters. The Morgan fingerprint density at radius 1 is 1.50 bits per heavy atom. The van der Waals surface area contributed by atoms with Gasteiger partial charge in [0.2, 0.25) is 0 Å². The fraction of sp³-hybridized carbons (Fsp3) is 0.778. The van der Waals surface area contributed by atoms with E-state index in [4.69, 9.17) is 16.7 Å². The maximum Gasteiger partial charge on any atom is 0.0584 e. The standard InChI is InChI=1S/C9H18ClNO/c1-8(2)6-9(7-12)11-5-3-4-10/h3-4,8-9,11-12H,5-7H2,1-2H3/b4-3+. The van der Waals surface area contributed by atoms with Crippen LogP contribution in [0.1, 0.15) is 20.3 Å². The Bertz CT molecular complexity index is 126. The van der Waals surface area contributed by atoms with Crippen LogP contribution in [0.2, 0.25) is 0 Å². The van der Waals surface area contributed by atoms with Crippen molar-refractivity contribution in [3.63, 3.8) is 0 Å². The van der Waals surface area contributed by atoms with Gasteiger partial charge in [-0.3, -0.25) is 0 Å². The molecule has 2 nitrogen and oxygen atoms in total. The van der Waals surface area contributed by atoms with E-state index in [-0.39, 0.29) is 12.6 Å². The predicted octanol–water partition coefficient (Wildman–Crippen LogP) is 1.74. The third-order valence-corrected chi connectivity index (χ3v) is 1.77. The number of nitrogens with one attached hydrogen (secondary N) is 1. The molecule has 0 fully saturated rings. The highest BCUT2D eigenvalue weighted by Crippen LogP contribution is 2.03. The third-order valence-electron chi connectivity index (χ3n) is 1.59. The van der Waals surface area contributed by atoms with Crippen molar-refractivity contribution in [3.05, 3.63) is 11.6 Å². The van der Waals surface area contributed by atoms with Crippen LogP contribution < -0.4 is 5.32 Å². The topological polar surface area (TPSA) is 32.3 Å². The number of rotatable bonds is 6. The van der Waals surface area contributed by atoms with Crippen molar-refractivity contribution in [1.29, 1.82) is 0 Å². The summed E-state index contributed by atoms with van der Waals surface area (Å²) >= 11 is 5.35. The van der Waals surface area contributed by atoms with Crippen molar-refractivity contribution in [2.75, 3.05) is 13.2 Å². The fourth-order valence-electron chi connectivity index (χ4n) is 1.07. The highest BCUT2D eigenvalue weighted by molar-refractivity contribution is 6.25. The van der Waals surface area contributed by atoms with E-state index < -0.39 is 0 Å². The summed E-state index contributed by atoms with van der Waals surface area (Å²) in [6.07, 6.45) is 2.82. The molecule has 12 heavy (non-hydrogen) atoms. The molecule has 0 aromatic heterocycles. The largest absolute Gasteiger partial charge is 0.395 e. The minimum absolute atomic E-state index is 0.189. The maximum atomic E-state index is 8.95. The zero-order chi connectivity index (χ0) is 9.40. The lowest BCUT2D eigenvalue weighted by Crippen LogP contribution is -2.33. The molecule has 3 heteroatoms. The molecule has 0 bridgehead atoms. The first-order chi connectivity index (χ1) is 5.70. The van der Waals surface area contributed by atoms with Crippen LogP contribution in [0.15, 0.2) is 11.6 Å². The van der Waals surface area contributed by atoms with Crippen LogP contribution in [0.4, 0.5) is 0 Å². The molecule has 0 aromatic carbocycles. The van der Waals surface area contributed by atoms with Crippen molar-refractivity contribution < 1.29 is 5.11 Å². The van der Waals surface area contributed by atoms with Gasteiger partial charge in [0.1, 0.15) is 0 Å². The molecular formula is C9H18ClNO. The van der Waals surface area contributed by atoms with Gasteiger partial charge >= 0.3 is 0 Å². The highest BCUT2D eigenvalue weighted by atomic mass is 35.5. The van der Waals surface area contributed by atoms with Gasteiger partial charge < -0.3 is 10.4 Å². The van der Waals surface area contributed by atoms with Crippen LogP contribution in [-0.4, -0.2) is 24.3 Å². The molecule has 0 amide bonds. The SMILES string of the molecule is CC(C)CC(CO)NC/C=C/Cl. The lowest BCUT2D eigenvalue weighted by molar-refractivity contribution is 0.228. The normalized spacial score (nSPS) is 14.4. The van der Waals surface area contributed by atoms with E-state index in [0.717, 1.165) is 13.0 Å². The van der Waals surface area contributed by atoms with E-state index in [1.807, 2.05) is 6.08 Å². The maximum absolute atomic E-state index is 8.95. The molecule has 0 aliphatic rings. The molecule has 0 aliphatic heterocycles. The van der Waals surface area contributed by atoms with Gasteiger partial charge in [-0.15, -0.1) is 0 Å². The van der Waals surface area contributed by atoms with Crippen LogP contribution in [-0.2, 0) is 0 Å². The second kappa shape index (κ2) is 7.59. The predicted molar refractivity (Wildman–Crippen MR) is 53.3 cm³/mol. The molecule has 0 saturated carbocycles. The van der Waals surface area contributed by atoms with Crippen LogP contribution in [0.3, 0.4) is 0 Å². The summed E-state index contributed by atoms with van der Waals surface area (Å²) in [5.41, 5.74) is 1.48. The van der Waals surface area contributed by atoms with Gasteiger partial charge in [0.25, 0.3) is 0 Å². The average Bonchev–Trinajstić information content (AvgIpc) is 2.02. The average molecular weight is 192 g/mol. The summed E-state index contributed by atoms with van der Waals surface area (Å²) in [4.78, 5) is 0. The molecule has 0 aliphatic carbocycles. The van der Waals surface area contributed by atoms with Crippen molar-refractivity contribution in [2.24, 2.45) is 5.92 Å². The Morgan fingerprint density at radius 2 is 2.17 bits per heavy atom. The van der Waals surface area contributed by atoms with Crippen LogP contribution in [0.25, 0.3) is 0 Å². The lowest BCUT2D eigenvalue weighted by Gasteiger charge is -2.16. The zero-order valence-corrected chi connectivity index (χ0v) is 8.51. The van der Waals surface area contributed by atoms with Crippen LogP contribution in [0.5, 0.6) is 0 Å². The molecule has 2 N–H and O–H groups in total. The van der Waals surface area contributed by atoms with Gasteiger partial charge in [-0.2, -0.15) is 0 Å². The van der Waals surface area contributed by atoms with Gasteiger partial charge in [0.15, 0.2) is 0 Å². The van der Waals surface area contributed by atoms with E-state index in [1.54, 1.807) is 0 Å². The zero-order valence-electron chi connectivity index (χ0n) is 7.76. The molecule has 0 heterocycles. The molecule has 0 aromatic rings. The summed E-state index contributed by atoms with van der Waals surface area (Å²) in [7, 11) is 0. The monoisotopic (exact) mass is 191 g/mol. The van der Waals surface area contributed by atoms with Crippen molar-refractivity contribution >= 4 is 11.6 Å². The third kappa shape index (κ3) is 6.65. The molecule has 0 rings (SSSR count). The Labute approximate surface area is 79.6 Å². The number of hydrogen-bond donors (Lipinski definition) is 2. The highest BCUT2D eigenvalue weighted by Gasteiger charge is 2.06. The smallest absolute Gasteiger partial charge is 0.0584 e. The van der Waals surface area contributed by atoms with Gasteiger partial charge in [0, 0.05) is 18.1 Å². The first-order valence-electron chi connectivity index (χ1n) is 4.30. The van der Waals surface area contributed by atoms with E-state index >= 15 is 0 Å². The van der Waals surface area contributed by atoms with Gasteiger partial charge in [-0.1, -0.05) is 31.5 Å². The fourth-order valence-corrected chi connectivity index (χ4v) is 1.16. The summed E-state index contributed by atoms with van der Waals surface area (Å²) in [5.74, 6) is 0.606. The minimum Gasteiger partial charge on any atom is -0.395 e. The summed E-state index contributed by atoms with van der Waals surface area (Å²) in [6, 6.07) is 0.192. The lowest BCUT2D eigenvalue weighted by atomic mass is 10.0. The van der Waals surface area contributed by atoms with Gasteiger partial charge in [-0.25, -0.2) is 0 Å². The second-order valence-electron chi connectivity index (χ2n) is 3.28. The summed E-state index contributed by atoms with van der Waals surface area (Å²) in [6.45, 7) is 5.19. The molecular weight excluding hydrogens is 174 g/mol. The van der Waals surface area contributed by atoms with Crippen LogP contribution >= 0.6 is 11.6 Å². The summed E-state index contributed by atoms with van der Waals surface area (Å²) < 4.78 is 0. The molecule has 0 saturated heterocycles. The Balaban J connectivity index is 3.52.